The highest BCUT2D eigenvalue weighted by Gasteiger charge is 2.37. The number of benzene rings is 3. The minimum atomic E-state index is 0.129. The van der Waals surface area contributed by atoms with Crippen LogP contribution in [0.2, 0.25) is 0 Å². The summed E-state index contributed by atoms with van der Waals surface area (Å²) in [5, 5.41) is 7.17. The van der Waals surface area contributed by atoms with Crippen LogP contribution in [0.25, 0.3) is 17.0 Å². The van der Waals surface area contributed by atoms with Gasteiger partial charge in [-0.05, 0) is 90.6 Å². The molecule has 2 unspecified atom stereocenters. The fraction of sp³-hybridized carbons (Fsp3) is 0.415. The highest BCUT2D eigenvalue weighted by molar-refractivity contribution is 5.99. The number of allylic oxidation sites excluding steroid dienone is 1. The molecule has 0 aliphatic carbocycles. The summed E-state index contributed by atoms with van der Waals surface area (Å²) in [6.07, 6.45) is 11.2. The Morgan fingerprint density at radius 2 is 1.43 bits per heavy atom. The first kappa shape index (κ1) is 30.3. The summed E-state index contributed by atoms with van der Waals surface area (Å²) < 4.78 is 0. The first-order valence-electron chi connectivity index (χ1n) is 17.8. The molecule has 4 aromatic rings. The zero-order valence-corrected chi connectivity index (χ0v) is 28.1. The molecule has 5 heterocycles. The molecule has 242 valence electrons. The van der Waals surface area contributed by atoms with Crippen molar-refractivity contribution in [1.29, 1.82) is 0 Å². The topological polar surface area (TPSA) is 68.3 Å². The molecule has 1 aromatic heterocycles. The van der Waals surface area contributed by atoms with E-state index < -0.39 is 0 Å². The van der Waals surface area contributed by atoms with E-state index >= 15 is 0 Å². The second-order valence-electron chi connectivity index (χ2n) is 15.0. The van der Waals surface area contributed by atoms with Gasteiger partial charge in [-0.25, -0.2) is 4.98 Å². The second kappa shape index (κ2) is 12.6. The third-order valence-corrected chi connectivity index (χ3v) is 10.9. The fourth-order valence-electron chi connectivity index (χ4n) is 8.15. The van der Waals surface area contributed by atoms with E-state index in [0.29, 0.717) is 18.0 Å². The number of imidazole rings is 1. The van der Waals surface area contributed by atoms with Crippen LogP contribution in [0.15, 0.2) is 90.1 Å². The molecular formula is C41H48N6. The van der Waals surface area contributed by atoms with Gasteiger partial charge in [-0.15, -0.1) is 0 Å². The predicted molar refractivity (Wildman–Crippen MR) is 194 cm³/mol. The normalized spacial score (nSPS) is 24.6. The summed E-state index contributed by atoms with van der Waals surface area (Å²) in [7, 11) is 0. The third-order valence-electron chi connectivity index (χ3n) is 10.9. The summed E-state index contributed by atoms with van der Waals surface area (Å²) in [6.45, 7) is 10.1. The molecule has 47 heavy (non-hydrogen) atoms. The molecule has 0 bridgehead atoms. The minimum Gasteiger partial charge on any atom is -0.364 e. The van der Waals surface area contributed by atoms with Crippen LogP contribution >= 0.6 is 0 Å². The lowest BCUT2D eigenvalue weighted by atomic mass is 9.83. The molecule has 4 atom stereocenters. The van der Waals surface area contributed by atoms with Gasteiger partial charge in [-0.2, -0.15) is 0 Å². The average Bonchev–Trinajstić information content (AvgIpc) is 3.94. The Bertz CT molecular complexity index is 1740. The molecule has 3 aromatic carbocycles. The van der Waals surface area contributed by atoms with E-state index in [1.807, 2.05) is 6.20 Å². The summed E-state index contributed by atoms with van der Waals surface area (Å²) in [5.74, 6) is 1.45. The molecule has 0 saturated carbocycles. The van der Waals surface area contributed by atoms with Crippen molar-refractivity contribution in [2.45, 2.75) is 88.8 Å². The van der Waals surface area contributed by atoms with Crippen LogP contribution in [0.5, 0.6) is 0 Å². The lowest BCUT2D eigenvalue weighted by molar-refractivity contribution is 0.587. The quantitative estimate of drug-likeness (QED) is 0.193. The van der Waals surface area contributed by atoms with Gasteiger partial charge in [0.1, 0.15) is 5.82 Å². The number of aromatic amines is 1. The first-order valence-corrected chi connectivity index (χ1v) is 17.8. The van der Waals surface area contributed by atoms with Gasteiger partial charge >= 0.3 is 0 Å². The SMILES string of the molecule is CC(C)(C)c1ccc(C2C(c3ccc(-c4cnc([C@@H]5CCCN5)[nH]4)cc3)CCN2c2ccc(C3=CCC([C@@H]4CCCN4)=N3)cc2)cc1. The summed E-state index contributed by atoms with van der Waals surface area (Å²) >= 11 is 0. The molecule has 3 fully saturated rings. The first-order chi connectivity index (χ1) is 22.9. The van der Waals surface area contributed by atoms with Crippen LogP contribution < -0.4 is 15.5 Å². The smallest absolute Gasteiger partial charge is 0.123 e. The second-order valence-corrected chi connectivity index (χ2v) is 15.0. The van der Waals surface area contributed by atoms with Gasteiger partial charge in [0, 0.05) is 36.3 Å². The van der Waals surface area contributed by atoms with Gasteiger partial charge in [0.15, 0.2) is 0 Å². The molecule has 6 nitrogen and oxygen atoms in total. The van der Waals surface area contributed by atoms with Crippen molar-refractivity contribution in [3.05, 3.63) is 113 Å². The Balaban J connectivity index is 1.06. The number of aromatic nitrogens is 2. The summed E-state index contributed by atoms with van der Waals surface area (Å²) in [4.78, 5) is 16.0. The fourth-order valence-corrected chi connectivity index (χ4v) is 8.15. The average molecular weight is 625 g/mol. The Morgan fingerprint density at radius 1 is 0.745 bits per heavy atom. The number of nitrogens with one attached hydrogen (secondary N) is 3. The molecule has 0 amide bonds. The van der Waals surface area contributed by atoms with Gasteiger partial charge in [0.05, 0.1) is 29.7 Å². The third kappa shape index (κ3) is 6.10. The van der Waals surface area contributed by atoms with Gasteiger partial charge in [-0.1, -0.05) is 87.5 Å². The Labute approximate surface area is 279 Å². The molecule has 4 aliphatic heterocycles. The molecule has 0 spiro atoms. The summed E-state index contributed by atoms with van der Waals surface area (Å²) in [6, 6.07) is 28.9. The maximum atomic E-state index is 5.05. The molecule has 0 radical (unpaired) electrons. The molecule has 3 saturated heterocycles. The number of hydrogen-bond acceptors (Lipinski definition) is 5. The number of anilines is 1. The molecule has 8 rings (SSSR count). The molecule has 6 heteroatoms. The number of H-pyrrole nitrogens is 1. The zero-order valence-electron chi connectivity index (χ0n) is 28.1. The van der Waals surface area contributed by atoms with E-state index in [4.69, 9.17) is 9.98 Å². The highest BCUT2D eigenvalue weighted by Crippen LogP contribution is 2.47. The maximum absolute atomic E-state index is 5.05. The number of aliphatic imine (C=N–C) groups is 1. The van der Waals surface area contributed by atoms with E-state index in [-0.39, 0.29) is 11.5 Å². The Morgan fingerprint density at radius 3 is 2.11 bits per heavy atom. The van der Waals surface area contributed by atoms with Crippen molar-refractivity contribution in [3.63, 3.8) is 0 Å². The highest BCUT2D eigenvalue weighted by atomic mass is 15.2. The minimum absolute atomic E-state index is 0.129. The summed E-state index contributed by atoms with van der Waals surface area (Å²) in [5.41, 5.74) is 11.5. The largest absolute Gasteiger partial charge is 0.364 e. The Kier molecular flexibility index (Phi) is 8.10. The van der Waals surface area contributed by atoms with Crippen LogP contribution in [0.3, 0.4) is 0 Å². The molecular weight excluding hydrogens is 576 g/mol. The van der Waals surface area contributed by atoms with Gasteiger partial charge in [0.25, 0.3) is 0 Å². The van der Waals surface area contributed by atoms with Crippen molar-refractivity contribution in [1.82, 2.24) is 20.6 Å². The monoisotopic (exact) mass is 624 g/mol. The predicted octanol–water partition coefficient (Wildman–Crippen LogP) is 8.47. The van der Waals surface area contributed by atoms with Crippen LogP contribution in [0.4, 0.5) is 5.69 Å². The lowest BCUT2D eigenvalue weighted by Gasteiger charge is -2.31. The zero-order chi connectivity index (χ0) is 32.0. The lowest BCUT2D eigenvalue weighted by Crippen LogP contribution is -2.29. The van der Waals surface area contributed by atoms with Gasteiger partial charge in [0.2, 0.25) is 0 Å². The van der Waals surface area contributed by atoms with Crippen LogP contribution in [-0.4, -0.2) is 41.4 Å². The molecule has 3 N–H and O–H groups in total. The van der Waals surface area contributed by atoms with Crippen molar-refractivity contribution in [2.24, 2.45) is 4.99 Å². The van der Waals surface area contributed by atoms with Crippen molar-refractivity contribution in [2.75, 3.05) is 24.5 Å². The van der Waals surface area contributed by atoms with E-state index in [1.165, 1.54) is 58.5 Å². The number of rotatable bonds is 7. The van der Waals surface area contributed by atoms with Crippen molar-refractivity contribution >= 4 is 17.1 Å². The van der Waals surface area contributed by atoms with E-state index in [1.54, 1.807) is 0 Å². The van der Waals surface area contributed by atoms with Crippen LogP contribution in [0, 0.1) is 0 Å². The van der Waals surface area contributed by atoms with Crippen LogP contribution in [0.1, 0.15) is 105 Å². The van der Waals surface area contributed by atoms with E-state index in [0.717, 1.165) is 56.1 Å². The van der Waals surface area contributed by atoms with E-state index in [2.05, 4.69) is 120 Å². The maximum Gasteiger partial charge on any atom is 0.123 e. The van der Waals surface area contributed by atoms with Crippen molar-refractivity contribution in [3.8, 4) is 11.3 Å². The van der Waals surface area contributed by atoms with Crippen molar-refractivity contribution < 1.29 is 0 Å². The van der Waals surface area contributed by atoms with Gasteiger partial charge < -0.3 is 20.5 Å². The van der Waals surface area contributed by atoms with Crippen LogP contribution in [-0.2, 0) is 5.41 Å². The van der Waals surface area contributed by atoms with E-state index in [9.17, 15) is 0 Å². The number of nitrogens with zero attached hydrogens (tertiary/aromatic N) is 3. The van der Waals surface area contributed by atoms with Gasteiger partial charge in [-0.3, -0.25) is 4.99 Å². The standard InChI is InChI=1S/C41H48N6/c1-41(2,3)31-16-12-30(13-17-31)39-33(27-8-10-29(11-9-27)38-26-44-40(46-38)37-7-5-24-43-37)22-25-47(39)32-18-14-28(15-19-32)34-20-21-36(45-34)35-6-4-23-42-35/h8-20,26,33,35,37,39,42-43H,4-7,21-25H2,1-3H3,(H,44,46)/t33?,35-,37-,39?/m0/s1. The molecule has 4 aliphatic rings. The Hall–Kier alpha value is -4.00. The number of hydrogen-bond donors (Lipinski definition) is 3.